The Morgan fingerprint density at radius 2 is 1.65 bits per heavy atom. The lowest BCUT2D eigenvalue weighted by atomic mass is 9.94. The van der Waals surface area contributed by atoms with Crippen LogP contribution in [0.15, 0.2) is 24.3 Å². The van der Waals surface area contributed by atoms with Crippen LogP contribution in [0.4, 0.5) is 0 Å². The molecule has 0 radical (unpaired) electrons. The molecule has 3 atom stereocenters. The second-order valence-electron chi connectivity index (χ2n) is 7.02. The molecule has 0 amide bonds. The van der Waals surface area contributed by atoms with Crippen LogP contribution >= 0.6 is 0 Å². The predicted octanol–water partition coefficient (Wildman–Crippen LogP) is 2.79. The van der Waals surface area contributed by atoms with Gasteiger partial charge in [0, 0.05) is 12.6 Å². The third-order valence-electron chi connectivity index (χ3n) is 5.34. The summed E-state index contributed by atoms with van der Waals surface area (Å²) in [4.78, 5) is 0. The molecule has 2 N–H and O–H groups in total. The van der Waals surface area contributed by atoms with Gasteiger partial charge in [-0.15, -0.1) is 0 Å². The molecule has 110 valence electrons. The van der Waals surface area contributed by atoms with E-state index in [9.17, 15) is 5.11 Å². The summed E-state index contributed by atoms with van der Waals surface area (Å²) in [6, 6.07) is 9.54. The average molecular weight is 273 g/mol. The number of nitrogens with one attached hydrogen (secondary N) is 1. The first-order valence-corrected chi connectivity index (χ1v) is 8.13. The zero-order valence-electron chi connectivity index (χ0n) is 12.7. The van der Waals surface area contributed by atoms with Gasteiger partial charge in [-0.25, -0.2) is 0 Å². The van der Waals surface area contributed by atoms with E-state index in [1.54, 1.807) is 11.1 Å². The van der Waals surface area contributed by atoms with E-state index in [2.05, 4.69) is 43.4 Å². The van der Waals surface area contributed by atoms with Crippen molar-refractivity contribution in [3.63, 3.8) is 0 Å². The maximum atomic E-state index is 10.0. The van der Waals surface area contributed by atoms with E-state index in [1.807, 2.05) is 0 Å². The Kier molecular flexibility index (Phi) is 4.13. The van der Waals surface area contributed by atoms with Crippen LogP contribution in [-0.2, 0) is 12.8 Å². The van der Waals surface area contributed by atoms with Gasteiger partial charge < -0.3 is 10.4 Å². The molecule has 3 rings (SSSR count). The van der Waals surface area contributed by atoms with Crippen LogP contribution < -0.4 is 5.32 Å². The van der Waals surface area contributed by atoms with Gasteiger partial charge in [-0.2, -0.15) is 0 Å². The van der Waals surface area contributed by atoms with Crippen molar-refractivity contribution in [2.75, 3.05) is 6.54 Å². The SMILES string of the molecule is CC(C)C(O)CNC1C2CCC1Cc1ccccc1C2. The number of benzene rings is 1. The molecule has 2 aliphatic rings. The van der Waals surface area contributed by atoms with E-state index in [-0.39, 0.29) is 6.10 Å². The fraction of sp³-hybridized carbons (Fsp3) is 0.667. The van der Waals surface area contributed by atoms with Crippen LogP contribution in [0.3, 0.4) is 0 Å². The van der Waals surface area contributed by atoms with Gasteiger partial charge in [-0.1, -0.05) is 38.1 Å². The first-order valence-electron chi connectivity index (χ1n) is 8.13. The van der Waals surface area contributed by atoms with Crippen molar-refractivity contribution in [1.29, 1.82) is 0 Å². The highest BCUT2D eigenvalue weighted by Crippen LogP contribution is 2.39. The first kappa shape index (κ1) is 14.1. The third-order valence-corrected chi connectivity index (χ3v) is 5.34. The van der Waals surface area contributed by atoms with Crippen molar-refractivity contribution < 1.29 is 5.11 Å². The number of hydrogen-bond donors (Lipinski definition) is 2. The molecule has 0 aliphatic heterocycles. The van der Waals surface area contributed by atoms with E-state index in [4.69, 9.17) is 0 Å². The van der Waals surface area contributed by atoms with Gasteiger partial charge in [-0.05, 0) is 54.6 Å². The van der Waals surface area contributed by atoms with Gasteiger partial charge in [0.25, 0.3) is 0 Å². The van der Waals surface area contributed by atoms with E-state index < -0.39 is 0 Å². The molecule has 2 bridgehead atoms. The third kappa shape index (κ3) is 2.77. The minimum absolute atomic E-state index is 0.222. The van der Waals surface area contributed by atoms with Crippen LogP contribution in [0.5, 0.6) is 0 Å². The van der Waals surface area contributed by atoms with E-state index >= 15 is 0 Å². The smallest absolute Gasteiger partial charge is 0.0687 e. The summed E-state index contributed by atoms with van der Waals surface area (Å²) in [5.74, 6) is 1.84. The molecule has 0 aromatic heterocycles. The molecular formula is C18H27NO. The Hall–Kier alpha value is -0.860. The Balaban J connectivity index is 1.69. The highest BCUT2D eigenvalue weighted by Gasteiger charge is 2.38. The molecule has 1 saturated carbocycles. The maximum absolute atomic E-state index is 10.0. The maximum Gasteiger partial charge on any atom is 0.0687 e. The lowest BCUT2D eigenvalue weighted by Gasteiger charge is -2.26. The topological polar surface area (TPSA) is 32.3 Å². The highest BCUT2D eigenvalue weighted by molar-refractivity contribution is 5.30. The van der Waals surface area contributed by atoms with Crippen molar-refractivity contribution in [2.24, 2.45) is 17.8 Å². The molecule has 20 heavy (non-hydrogen) atoms. The summed E-state index contributed by atoms with van der Waals surface area (Å²) in [7, 11) is 0. The number of fused-ring (bicyclic) bond motifs is 3. The first-order chi connectivity index (χ1) is 9.65. The van der Waals surface area contributed by atoms with Crippen molar-refractivity contribution >= 4 is 0 Å². The number of hydrogen-bond acceptors (Lipinski definition) is 2. The summed E-state index contributed by atoms with van der Waals surface area (Å²) < 4.78 is 0. The molecule has 0 heterocycles. The van der Waals surface area contributed by atoms with Crippen LogP contribution in [0.25, 0.3) is 0 Å². The normalized spacial score (nSPS) is 30.1. The van der Waals surface area contributed by atoms with E-state index in [0.717, 1.165) is 18.4 Å². The summed E-state index contributed by atoms with van der Waals surface area (Å²) in [6.45, 7) is 4.92. The van der Waals surface area contributed by atoms with Crippen LogP contribution in [0.1, 0.15) is 37.8 Å². The second kappa shape index (κ2) is 5.87. The van der Waals surface area contributed by atoms with E-state index in [0.29, 0.717) is 12.0 Å². The fourth-order valence-corrected chi connectivity index (χ4v) is 3.98. The zero-order valence-corrected chi connectivity index (χ0v) is 12.7. The standard InChI is InChI=1S/C18H27NO/c1-12(2)17(20)11-19-18-15-7-8-16(18)10-14-6-4-3-5-13(14)9-15/h3-6,12,15-20H,7-11H2,1-2H3. The number of rotatable bonds is 4. The van der Waals surface area contributed by atoms with Gasteiger partial charge in [-0.3, -0.25) is 0 Å². The minimum Gasteiger partial charge on any atom is -0.392 e. The molecule has 1 fully saturated rings. The Bertz CT molecular complexity index is 423. The number of aliphatic hydroxyl groups excluding tert-OH is 1. The largest absolute Gasteiger partial charge is 0.392 e. The zero-order chi connectivity index (χ0) is 14.1. The number of aliphatic hydroxyl groups is 1. The summed E-state index contributed by atoms with van der Waals surface area (Å²) in [5, 5.41) is 13.7. The minimum atomic E-state index is -0.222. The average Bonchev–Trinajstić information content (AvgIpc) is 2.70. The molecule has 0 saturated heterocycles. The Labute approximate surface area is 122 Å². The predicted molar refractivity (Wildman–Crippen MR) is 82.7 cm³/mol. The van der Waals surface area contributed by atoms with Crippen LogP contribution in [-0.4, -0.2) is 23.8 Å². The quantitative estimate of drug-likeness (QED) is 0.884. The summed E-state index contributed by atoms with van der Waals surface area (Å²) in [6.07, 6.45) is 4.88. The molecule has 0 spiro atoms. The molecule has 1 aromatic carbocycles. The van der Waals surface area contributed by atoms with Crippen molar-refractivity contribution in [3.8, 4) is 0 Å². The van der Waals surface area contributed by atoms with E-state index in [1.165, 1.54) is 25.7 Å². The Morgan fingerprint density at radius 3 is 2.15 bits per heavy atom. The lowest BCUT2D eigenvalue weighted by Crippen LogP contribution is -2.43. The second-order valence-corrected chi connectivity index (χ2v) is 7.02. The van der Waals surface area contributed by atoms with Crippen molar-refractivity contribution in [2.45, 2.75) is 51.7 Å². The lowest BCUT2D eigenvalue weighted by molar-refractivity contribution is 0.115. The molecule has 1 aromatic rings. The molecular weight excluding hydrogens is 246 g/mol. The molecule has 2 aliphatic carbocycles. The summed E-state index contributed by atoms with van der Waals surface area (Å²) >= 11 is 0. The highest BCUT2D eigenvalue weighted by atomic mass is 16.3. The van der Waals surface area contributed by atoms with Gasteiger partial charge in [0.05, 0.1) is 6.10 Å². The van der Waals surface area contributed by atoms with Crippen LogP contribution in [0, 0.1) is 17.8 Å². The molecule has 2 nitrogen and oxygen atoms in total. The van der Waals surface area contributed by atoms with Gasteiger partial charge in [0.15, 0.2) is 0 Å². The summed E-state index contributed by atoms with van der Waals surface area (Å²) in [5.41, 5.74) is 3.10. The van der Waals surface area contributed by atoms with Gasteiger partial charge >= 0.3 is 0 Å². The molecule has 2 heteroatoms. The van der Waals surface area contributed by atoms with Crippen LogP contribution in [0.2, 0.25) is 0 Å². The van der Waals surface area contributed by atoms with Crippen molar-refractivity contribution in [3.05, 3.63) is 35.4 Å². The fourth-order valence-electron chi connectivity index (χ4n) is 3.98. The monoisotopic (exact) mass is 273 g/mol. The van der Waals surface area contributed by atoms with Gasteiger partial charge in [0.2, 0.25) is 0 Å². The molecule has 3 unspecified atom stereocenters. The van der Waals surface area contributed by atoms with Crippen molar-refractivity contribution in [1.82, 2.24) is 5.32 Å². The van der Waals surface area contributed by atoms with Gasteiger partial charge in [0.1, 0.15) is 0 Å². The Morgan fingerprint density at radius 1 is 1.10 bits per heavy atom.